The molecule has 0 aromatic heterocycles. The van der Waals surface area contributed by atoms with Crippen molar-refractivity contribution >= 4 is 21.4 Å². The first kappa shape index (κ1) is 22.6. The van der Waals surface area contributed by atoms with Gasteiger partial charge in [-0.1, -0.05) is 33.1 Å². The van der Waals surface area contributed by atoms with Gasteiger partial charge in [0.1, 0.15) is 5.69 Å². The molecule has 0 atom stereocenters. The number of nitro benzene ring substituents is 1. The third-order valence-corrected chi connectivity index (χ3v) is 7.90. The summed E-state index contributed by atoms with van der Waals surface area (Å²) in [5.41, 5.74) is 0.103. The minimum absolute atomic E-state index is 0.0436. The molecule has 0 aliphatic heterocycles. The highest BCUT2D eigenvalue weighted by molar-refractivity contribution is 7.89. The molecule has 1 saturated carbocycles. The lowest BCUT2D eigenvalue weighted by molar-refractivity contribution is -0.384. The van der Waals surface area contributed by atoms with Crippen LogP contribution in [0.25, 0.3) is 0 Å². The van der Waals surface area contributed by atoms with Gasteiger partial charge in [0.2, 0.25) is 10.0 Å². The van der Waals surface area contributed by atoms with Crippen LogP contribution in [-0.4, -0.2) is 61.8 Å². The molecule has 0 radical (unpaired) electrons. The van der Waals surface area contributed by atoms with E-state index in [1.807, 2.05) is 14.1 Å². The molecule has 1 aromatic carbocycles. The Morgan fingerprint density at radius 2 is 1.75 bits per heavy atom. The second-order valence-electron chi connectivity index (χ2n) is 7.56. The highest BCUT2D eigenvalue weighted by Crippen LogP contribution is 2.34. The van der Waals surface area contributed by atoms with E-state index < -0.39 is 14.9 Å². The van der Waals surface area contributed by atoms with Crippen LogP contribution >= 0.6 is 0 Å². The third-order valence-electron chi connectivity index (χ3n) is 5.85. The summed E-state index contributed by atoms with van der Waals surface area (Å²) in [4.78, 5) is 13.3. The summed E-state index contributed by atoms with van der Waals surface area (Å²) in [6.07, 6.45) is 5.57. The summed E-state index contributed by atoms with van der Waals surface area (Å²) in [6, 6.07) is 4.13. The van der Waals surface area contributed by atoms with Crippen LogP contribution in [0.1, 0.15) is 46.0 Å². The van der Waals surface area contributed by atoms with E-state index in [2.05, 4.69) is 10.2 Å². The average Bonchev–Trinajstić information content (AvgIpc) is 2.67. The fraction of sp³-hybridized carbons (Fsp3) is 0.684. The van der Waals surface area contributed by atoms with Crippen LogP contribution in [0.15, 0.2) is 23.1 Å². The first-order valence-corrected chi connectivity index (χ1v) is 11.3. The van der Waals surface area contributed by atoms with E-state index in [0.717, 1.165) is 25.7 Å². The monoisotopic (exact) mass is 412 g/mol. The Morgan fingerprint density at radius 3 is 2.25 bits per heavy atom. The van der Waals surface area contributed by atoms with Crippen LogP contribution in [0.4, 0.5) is 11.4 Å². The zero-order valence-electron chi connectivity index (χ0n) is 17.3. The molecule has 1 aliphatic rings. The molecular formula is C19H32N4O4S. The maximum absolute atomic E-state index is 12.7. The molecule has 158 valence electrons. The molecule has 0 spiro atoms. The Labute approximate surface area is 168 Å². The molecule has 8 nitrogen and oxygen atoms in total. The zero-order chi connectivity index (χ0) is 20.9. The summed E-state index contributed by atoms with van der Waals surface area (Å²) in [5.74, 6) is 0. The molecule has 1 aliphatic carbocycles. The van der Waals surface area contributed by atoms with Crippen LogP contribution in [0.2, 0.25) is 0 Å². The van der Waals surface area contributed by atoms with Crippen molar-refractivity contribution in [3.63, 3.8) is 0 Å². The second kappa shape index (κ2) is 9.19. The maximum Gasteiger partial charge on any atom is 0.293 e. The summed E-state index contributed by atoms with van der Waals surface area (Å²) in [5, 5.41) is 14.9. The average molecular weight is 413 g/mol. The van der Waals surface area contributed by atoms with Crippen LogP contribution in [0, 0.1) is 10.1 Å². The number of benzene rings is 1. The van der Waals surface area contributed by atoms with Gasteiger partial charge in [-0.2, -0.15) is 4.31 Å². The van der Waals surface area contributed by atoms with Gasteiger partial charge in [0, 0.05) is 31.2 Å². The van der Waals surface area contributed by atoms with E-state index in [1.165, 1.54) is 28.9 Å². The minimum Gasteiger partial charge on any atom is -0.378 e. The SMILES string of the molecule is CCN(CC)S(=O)(=O)c1ccc(NCC2(N(C)C)CCCCC2)c([N+](=O)[O-])c1. The number of nitrogens with zero attached hydrogens (tertiary/aromatic N) is 3. The van der Waals surface area contributed by atoms with Crippen molar-refractivity contribution in [2.24, 2.45) is 0 Å². The predicted molar refractivity (Wildman–Crippen MR) is 111 cm³/mol. The smallest absolute Gasteiger partial charge is 0.293 e. The van der Waals surface area contributed by atoms with Crippen molar-refractivity contribution in [2.75, 3.05) is 39.0 Å². The minimum atomic E-state index is -3.74. The van der Waals surface area contributed by atoms with Gasteiger partial charge in [0.05, 0.1) is 9.82 Å². The third kappa shape index (κ3) is 4.64. The quantitative estimate of drug-likeness (QED) is 0.494. The van der Waals surface area contributed by atoms with E-state index in [0.29, 0.717) is 25.3 Å². The maximum atomic E-state index is 12.7. The Bertz CT molecular complexity index is 785. The number of likely N-dealkylation sites (N-methyl/N-ethyl adjacent to an activating group) is 1. The number of hydrogen-bond donors (Lipinski definition) is 1. The van der Waals surface area contributed by atoms with E-state index >= 15 is 0 Å². The topological polar surface area (TPSA) is 95.8 Å². The molecule has 1 aromatic rings. The molecule has 2 rings (SSSR count). The van der Waals surface area contributed by atoms with Crippen LogP contribution < -0.4 is 5.32 Å². The molecule has 0 bridgehead atoms. The van der Waals surface area contributed by atoms with Crippen LogP contribution in [0.5, 0.6) is 0 Å². The lowest BCUT2D eigenvalue weighted by Gasteiger charge is -2.43. The molecular weight excluding hydrogens is 380 g/mol. The van der Waals surface area contributed by atoms with E-state index in [4.69, 9.17) is 0 Å². The Balaban J connectivity index is 2.32. The zero-order valence-corrected chi connectivity index (χ0v) is 18.1. The molecule has 0 amide bonds. The Hall–Kier alpha value is -1.71. The van der Waals surface area contributed by atoms with E-state index in [1.54, 1.807) is 13.8 Å². The standard InChI is InChI=1S/C19H32N4O4S/c1-5-22(6-2)28(26,27)16-10-11-17(18(14-16)23(24)25)20-15-19(21(3)4)12-8-7-9-13-19/h10-11,14,20H,5-9,12-13,15H2,1-4H3. The molecule has 0 saturated heterocycles. The molecule has 0 heterocycles. The van der Waals surface area contributed by atoms with Gasteiger partial charge in [-0.05, 0) is 39.1 Å². The summed E-state index contributed by atoms with van der Waals surface area (Å²) >= 11 is 0. The molecule has 9 heteroatoms. The lowest BCUT2D eigenvalue weighted by Crippen LogP contribution is -2.51. The first-order chi connectivity index (χ1) is 13.2. The van der Waals surface area contributed by atoms with Crippen molar-refractivity contribution in [1.29, 1.82) is 0 Å². The van der Waals surface area contributed by atoms with E-state index in [9.17, 15) is 18.5 Å². The largest absolute Gasteiger partial charge is 0.378 e. The lowest BCUT2D eigenvalue weighted by atomic mass is 9.80. The Kier molecular flexibility index (Phi) is 7.41. The number of anilines is 1. The Morgan fingerprint density at radius 1 is 1.14 bits per heavy atom. The predicted octanol–water partition coefficient (Wildman–Crippen LogP) is 3.30. The summed E-state index contributed by atoms with van der Waals surface area (Å²) in [7, 11) is 0.344. The second-order valence-corrected chi connectivity index (χ2v) is 9.50. The van der Waals surface area contributed by atoms with Crippen LogP contribution in [0.3, 0.4) is 0 Å². The van der Waals surface area contributed by atoms with E-state index in [-0.39, 0.29) is 16.1 Å². The van der Waals surface area contributed by atoms with Crippen LogP contribution in [-0.2, 0) is 10.0 Å². The molecule has 28 heavy (non-hydrogen) atoms. The fourth-order valence-electron chi connectivity index (χ4n) is 3.94. The fourth-order valence-corrected chi connectivity index (χ4v) is 5.42. The number of sulfonamides is 1. The van der Waals surface area contributed by atoms with Gasteiger partial charge in [0.25, 0.3) is 5.69 Å². The van der Waals surface area contributed by atoms with Gasteiger partial charge in [-0.25, -0.2) is 8.42 Å². The van der Waals surface area contributed by atoms with Gasteiger partial charge < -0.3 is 10.2 Å². The van der Waals surface area contributed by atoms with Crippen molar-refractivity contribution in [3.05, 3.63) is 28.3 Å². The van der Waals surface area contributed by atoms with Crippen molar-refractivity contribution in [1.82, 2.24) is 9.21 Å². The van der Waals surface area contributed by atoms with Crippen molar-refractivity contribution in [3.8, 4) is 0 Å². The van der Waals surface area contributed by atoms with Crippen molar-refractivity contribution in [2.45, 2.75) is 56.4 Å². The summed E-state index contributed by atoms with van der Waals surface area (Å²) in [6.45, 7) is 4.71. The van der Waals surface area contributed by atoms with Gasteiger partial charge >= 0.3 is 0 Å². The normalized spacial score (nSPS) is 17.1. The summed E-state index contributed by atoms with van der Waals surface area (Å²) < 4.78 is 26.7. The molecule has 0 unspecified atom stereocenters. The highest BCUT2D eigenvalue weighted by Gasteiger charge is 2.34. The molecule has 1 N–H and O–H groups in total. The number of nitrogens with one attached hydrogen (secondary N) is 1. The van der Waals surface area contributed by atoms with Gasteiger partial charge in [0.15, 0.2) is 0 Å². The highest BCUT2D eigenvalue weighted by atomic mass is 32.2. The number of hydrogen-bond acceptors (Lipinski definition) is 6. The number of nitro groups is 1. The van der Waals surface area contributed by atoms with Gasteiger partial charge in [-0.3, -0.25) is 10.1 Å². The van der Waals surface area contributed by atoms with Gasteiger partial charge in [-0.15, -0.1) is 0 Å². The molecule has 1 fully saturated rings. The first-order valence-electron chi connectivity index (χ1n) is 9.88. The number of rotatable bonds is 9. The van der Waals surface area contributed by atoms with Crippen molar-refractivity contribution < 1.29 is 13.3 Å².